The van der Waals surface area contributed by atoms with Gasteiger partial charge in [-0.15, -0.1) is 0 Å². The van der Waals surface area contributed by atoms with Crippen LogP contribution >= 0.6 is 0 Å². The third-order valence-corrected chi connectivity index (χ3v) is 2.11. The highest BCUT2D eigenvalue weighted by molar-refractivity contribution is 5.66. The van der Waals surface area contributed by atoms with Crippen LogP contribution in [0, 0.1) is 0 Å². The fourth-order valence-electron chi connectivity index (χ4n) is 1.49. The van der Waals surface area contributed by atoms with Gasteiger partial charge in [0.05, 0.1) is 13.0 Å². The van der Waals surface area contributed by atoms with E-state index in [1.165, 1.54) is 4.90 Å². The molecule has 0 spiro atoms. The number of hydrogen-bond acceptors (Lipinski definition) is 2. The number of carboxylic acids is 1. The average molecular weight is 193 g/mol. The van der Waals surface area contributed by atoms with Crippen LogP contribution in [0.5, 0.6) is 0 Å². The number of carboxylic acid groups (broad SMARTS) is 1. The molecule has 0 amide bonds. The van der Waals surface area contributed by atoms with Crippen molar-refractivity contribution in [3.63, 3.8) is 0 Å². The van der Waals surface area contributed by atoms with Crippen molar-refractivity contribution in [2.45, 2.75) is 25.2 Å². The summed E-state index contributed by atoms with van der Waals surface area (Å²) in [6.45, 7) is 0.522. The molecule has 76 valence electrons. The Morgan fingerprint density at radius 2 is 2.23 bits per heavy atom. The summed E-state index contributed by atoms with van der Waals surface area (Å²) in [5.41, 5.74) is 0. The minimum absolute atomic E-state index is 0.0594. The monoisotopic (exact) mass is 193 g/mol. The zero-order valence-corrected chi connectivity index (χ0v) is 7.30. The van der Waals surface area contributed by atoms with Crippen LogP contribution in [0.1, 0.15) is 19.3 Å². The summed E-state index contributed by atoms with van der Waals surface area (Å²) in [7, 11) is 0. The van der Waals surface area contributed by atoms with E-state index in [1.54, 1.807) is 0 Å². The number of carbonyl (C=O) groups is 1. The molecule has 0 aliphatic carbocycles. The quantitative estimate of drug-likeness (QED) is 0.732. The van der Waals surface area contributed by atoms with Crippen LogP contribution in [0.15, 0.2) is 0 Å². The van der Waals surface area contributed by atoms with Crippen molar-refractivity contribution in [2.75, 3.05) is 19.6 Å². The van der Waals surface area contributed by atoms with Crippen molar-refractivity contribution in [3.8, 4) is 0 Å². The highest BCUT2D eigenvalue weighted by Crippen LogP contribution is 2.26. The molecule has 0 atom stereocenters. The van der Waals surface area contributed by atoms with Gasteiger partial charge in [-0.25, -0.2) is 8.78 Å². The Morgan fingerprint density at radius 3 is 2.77 bits per heavy atom. The average Bonchev–Trinajstić information content (AvgIpc) is 1.99. The molecule has 3 nitrogen and oxygen atoms in total. The van der Waals surface area contributed by atoms with Gasteiger partial charge in [0.1, 0.15) is 0 Å². The summed E-state index contributed by atoms with van der Waals surface area (Å²) in [6.07, 6.45) is 0.319. The summed E-state index contributed by atoms with van der Waals surface area (Å²) in [6, 6.07) is 0. The first kappa shape index (κ1) is 10.4. The number of likely N-dealkylation sites (tertiary alicyclic amines) is 1. The number of hydrogen-bond donors (Lipinski definition) is 1. The maximum atomic E-state index is 12.8. The molecule has 0 radical (unpaired) electrons. The van der Waals surface area contributed by atoms with Crippen LogP contribution in [0.2, 0.25) is 0 Å². The van der Waals surface area contributed by atoms with E-state index in [4.69, 9.17) is 5.11 Å². The predicted octanol–water partition coefficient (Wildman–Crippen LogP) is 1.19. The lowest BCUT2D eigenvalue weighted by Gasteiger charge is -2.31. The van der Waals surface area contributed by atoms with Crippen molar-refractivity contribution < 1.29 is 18.7 Å². The smallest absolute Gasteiger partial charge is 0.304 e. The van der Waals surface area contributed by atoms with Gasteiger partial charge in [-0.1, -0.05) is 0 Å². The molecule has 1 heterocycles. The van der Waals surface area contributed by atoms with Crippen LogP contribution in [0.3, 0.4) is 0 Å². The van der Waals surface area contributed by atoms with Crippen molar-refractivity contribution in [1.82, 2.24) is 4.90 Å². The van der Waals surface area contributed by atoms with Crippen LogP contribution in [0.4, 0.5) is 8.78 Å². The number of aliphatic carboxylic acids is 1. The fourth-order valence-corrected chi connectivity index (χ4v) is 1.49. The lowest BCUT2D eigenvalue weighted by atomic mass is 10.1. The van der Waals surface area contributed by atoms with Crippen molar-refractivity contribution in [3.05, 3.63) is 0 Å². The first-order valence-corrected chi connectivity index (χ1v) is 4.32. The molecule has 1 saturated heterocycles. The predicted molar refractivity (Wildman–Crippen MR) is 42.9 cm³/mol. The Balaban J connectivity index is 2.30. The Kier molecular flexibility index (Phi) is 3.19. The van der Waals surface area contributed by atoms with E-state index < -0.39 is 11.9 Å². The maximum absolute atomic E-state index is 12.8. The lowest BCUT2D eigenvalue weighted by molar-refractivity contribution is -0.138. The molecule has 1 aliphatic heterocycles. The third kappa shape index (κ3) is 3.67. The summed E-state index contributed by atoms with van der Waals surface area (Å²) in [5, 5.41) is 8.36. The van der Waals surface area contributed by atoms with Gasteiger partial charge in [0.2, 0.25) is 0 Å². The van der Waals surface area contributed by atoms with Crippen LogP contribution < -0.4 is 0 Å². The van der Waals surface area contributed by atoms with Gasteiger partial charge in [0.15, 0.2) is 0 Å². The fraction of sp³-hybridized carbons (Fsp3) is 0.875. The molecule has 0 aromatic rings. The zero-order chi connectivity index (χ0) is 9.90. The molecular weight excluding hydrogens is 180 g/mol. The largest absolute Gasteiger partial charge is 0.481 e. The molecule has 0 unspecified atom stereocenters. The molecule has 0 aromatic carbocycles. The Morgan fingerprint density at radius 1 is 1.54 bits per heavy atom. The summed E-state index contributed by atoms with van der Waals surface area (Å²) < 4.78 is 25.6. The molecule has 0 aromatic heterocycles. The van der Waals surface area contributed by atoms with E-state index in [2.05, 4.69) is 0 Å². The van der Waals surface area contributed by atoms with Crippen molar-refractivity contribution >= 4 is 5.97 Å². The first-order valence-electron chi connectivity index (χ1n) is 4.32. The molecular formula is C8H13F2NO2. The molecule has 1 rings (SSSR count). The normalized spacial score (nSPS) is 22.9. The molecule has 1 aliphatic rings. The molecule has 5 heteroatoms. The van der Waals surface area contributed by atoms with Gasteiger partial charge >= 0.3 is 5.97 Å². The van der Waals surface area contributed by atoms with Crippen LogP contribution in [-0.4, -0.2) is 41.5 Å². The SMILES string of the molecule is O=C(O)CCN1CCCC(F)(F)C1. The summed E-state index contributed by atoms with van der Waals surface area (Å²) in [4.78, 5) is 11.7. The molecule has 13 heavy (non-hydrogen) atoms. The van der Waals surface area contributed by atoms with Crippen molar-refractivity contribution in [1.29, 1.82) is 0 Å². The Bertz CT molecular complexity index is 197. The minimum Gasteiger partial charge on any atom is -0.481 e. The first-order chi connectivity index (χ1) is 5.99. The molecule has 0 bridgehead atoms. The number of halogens is 2. The maximum Gasteiger partial charge on any atom is 0.304 e. The number of piperidine rings is 1. The van der Waals surface area contributed by atoms with E-state index >= 15 is 0 Å². The Hall–Kier alpha value is -0.710. The highest BCUT2D eigenvalue weighted by Gasteiger charge is 2.34. The lowest BCUT2D eigenvalue weighted by Crippen LogP contribution is -2.43. The number of nitrogens with zero attached hydrogens (tertiary/aromatic N) is 1. The Labute approximate surface area is 75.3 Å². The van der Waals surface area contributed by atoms with Gasteiger partial charge in [0.25, 0.3) is 5.92 Å². The molecule has 1 N–H and O–H groups in total. The van der Waals surface area contributed by atoms with Gasteiger partial charge in [-0.05, 0) is 13.0 Å². The van der Waals surface area contributed by atoms with Crippen LogP contribution in [-0.2, 0) is 4.79 Å². The van der Waals surface area contributed by atoms with Crippen molar-refractivity contribution in [2.24, 2.45) is 0 Å². The van der Waals surface area contributed by atoms with E-state index in [0.29, 0.717) is 13.0 Å². The zero-order valence-electron chi connectivity index (χ0n) is 7.30. The minimum atomic E-state index is -2.63. The standard InChI is InChI=1S/C8H13F2NO2/c9-8(10)3-1-4-11(6-8)5-2-7(12)13/h1-6H2,(H,12,13). The summed E-state index contributed by atoms with van der Waals surface area (Å²) >= 11 is 0. The van der Waals surface area contributed by atoms with Gasteiger partial charge in [-0.3, -0.25) is 9.69 Å². The molecule has 0 saturated carbocycles. The highest BCUT2D eigenvalue weighted by atomic mass is 19.3. The van der Waals surface area contributed by atoms with Gasteiger partial charge in [-0.2, -0.15) is 0 Å². The number of rotatable bonds is 3. The van der Waals surface area contributed by atoms with E-state index in [9.17, 15) is 13.6 Å². The summed E-state index contributed by atoms with van der Waals surface area (Å²) in [5.74, 6) is -3.56. The second kappa shape index (κ2) is 4.00. The van der Waals surface area contributed by atoms with Gasteiger partial charge in [0, 0.05) is 13.0 Å². The van der Waals surface area contributed by atoms with E-state index in [-0.39, 0.29) is 25.9 Å². The second-order valence-electron chi connectivity index (χ2n) is 3.38. The number of alkyl halides is 2. The third-order valence-electron chi connectivity index (χ3n) is 2.11. The van der Waals surface area contributed by atoms with E-state index in [1.807, 2.05) is 0 Å². The topological polar surface area (TPSA) is 40.5 Å². The van der Waals surface area contributed by atoms with Gasteiger partial charge < -0.3 is 5.11 Å². The van der Waals surface area contributed by atoms with Crippen LogP contribution in [0.25, 0.3) is 0 Å². The second-order valence-corrected chi connectivity index (χ2v) is 3.38. The van der Waals surface area contributed by atoms with E-state index in [0.717, 1.165) is 0 Å². The molecule has 1 fully saturated rings.